The summed E-state index contributed by atoms with van der Waals surface area (Å²) in [5.74, 6) is -1.24. The summed E-state index contributed by atoms with van der Waals surface area (Å²) in [6.07, 6.45) is 0.530. The van der Waals surface area contributed by atoms with E-state index < -0.39 is 17.8 Å². The summed E-state index contributed by atoms with van der Waals surface area (Å²) >= 11 is 1.39. The standard InChI is InChI=1S/C23H24FN3O5S/c24-17-9-14(10-26-5-7-31-8-6-26)1-3-19(17)32-12-20-15-11-27(23(30)16(15)13-33-20)18-2-4-21(28)25-22(18)29/h1,3,9,13,18H,2,4-8,10-12H2,(H,25,28,29)/t18-/m0/s1. The topological polar surface area (TPSA) is 88.2 Å². The van der Waals surface area contributed by atoms with Crippen LogP contribution < -0.4 is 10.1 Å². The predicted octanol–water partition coefficient (Wildman–Crippen LogP) is 2.06. The molecule has 0 spiro atoms. The van der Waals surface area contributed by atoms with Gasteiger partial charge in [0.25, 0.3) is 5.91 Å². The fraction of sp³-hybridized carbons (Fsp3) is 0.435. The van der Waals surface area contributed by atoms with Crippen LogP contribution in [-0.2, 0) is 34.0 Å². The van der Waals surface area contributed by atoms with Crippen LogP contribution in [0.4, 0.5) is 4.39 Å². The van der Waals surface area contributed by atoms with Gasteiger partial charge in [-0.1, -0.05) is 6.07 Å². The van der Waals surface area contributed by atoms with Crippen LogP contribution in [0.3, 0.4) is 0 Å². The highest BCUT2D eigenvalue weighted by Crippen LogP contribution is 2.34. The number of carbonyl (C=O) groups excluding carboxylic acids is 3. The third-order valence-corrected chi connectivity index (χ3v) is 7.25. The third-order valence-electron chi connectivity index (χ3n) is 6.25. The Hall–Kier alpha value is -2.82. The Balaban J connectivity index is 1.23. The molecule has 4 heterocycles. The number of ether oxygens (including phenoxy) is 2. The molecule has 2 saturated heterocycles. The van der Waals surface area contributed by atoms with Gasteiger partial charge in [0.15, 0.2) is 11.6 Å². The lowest BCUT2D eigenvalue weighted by Gasteiger charge is -2.29. The van der Waals surface area contributed by atoms with E-state index in [1.807, 2.05) is 6.07 Å². The summed E-state index contributed by atoms with van der Waals surface area (Å²) in [5, 5.41) is 4.05. The molecule has 3 aliphatic heterocycles. The van der Waals surface area contributed by atoms with E-state index in [0.29, 0.717) is 31.7 Å². The Kier molecular flexibility index (Phi) is 6.13. The Bertz CT molecular complexity index is 1100. The Labute approximate surface area is 194 Å². The molecule has 0 saturated carbocycles. The van der Waals surface area contributed by atoms with E-state index in [1.54, 1.807) is 11.4 Å². The van der Waals surface area contributed by atoms with Crippen molar-refractivity contribution in [3.63, 3.8) is 0 Å². The van der Waals surface area contributed by atoms with Gasteiger partial charge < -0.3 is 14.4 Å². The molecule has 0 bridgehead atoms. The Morgan fingerprint density at radius 1 is 1.21 bits per heavy atom. The second kappa shape index (κ2) is 9.20. The van der Waals surface area contributed by atoms with Crippen molar-refractivity contribution in [1.82, 2.24) is 15.1 Å². The monoisotopic (exact) mass is 473 g/mol. The maximum absolute atomic E-state index is 14.6. The molecule has 8 nitrogen and oxygen atoms in total. The van der Waals surface area contributed by atoms with Crippen molar-refractivity contribution < 1.29 is 28.2 Å². The van der Waals surface area contributed by atoms with Gasteiger partial charge in [0.1, 0.15) is 12.6 Å². The molecule has 2 aromatic rings. The number of hydrogen-bond acceptors (Lipinski definition) is 7. The second-order valence-electron chi connectivity index (χ2n) is 8.39. The first kappa shape index (κ1) is 22.0. The molecule has 0 unspecified atom stereocenters. The summed E-state index contributed by atoms with van der Waals surface area (Å²) in [6, 6.07) is 4.34. The van der Waals surface area contributed by atoms with Crippen LogP contribution >= 0.6 is 11.3 Å². The molecule has 0 radical (unpaired) electrons. The number of rotatable bonds is 6. The molecule has 1 aromatic heterocycles. The lowest BCUT2D eigenvalue weighted by molar-refractivity contribution is -0.136. The highest BCUT2D eigenvalue weighted by atomic mass is 32.1. The molecule has 1 atom stereocenters. The second-order valence-corrected chi connectivity index (χ2v) is 9.36. The number of halogens is 1. The average molecular weight is 474 g/mol. The molecule has 3 aliphatic rings. The number of nitrogens with zero attached hydrogens (tertiary/aromatic N) is 2. The van der Waals surface area contributed by atoms with E-state index in [-0.39, 0.29) is 37.1 Å². The number of piperidine rings is 1. The average Bonchev–Trinajstić information content (AvgIpc) is 3.34. The van der Waals surface area contributed by atoms with Gasteiger partial charge in [-0.15, -0.1) is 11.3 Å². The van der Waals surface area contributed by atoms with E-state index in [9.17, 15) is 18.8 Å². The van der Waals surface area contributed by atoms with Crippen molar-refractivity contribution >= 4 is 29.1 Å². The number of carbonyl (C=O) groups is 3. The van der Waals surface area contributed by atoms with E-state index in [2.05, 4.69) is 10.2 Å². The maximum Gasteiger partial charge on any atom is 0.256 e. The van der Waals surface area contributed by atoms with Gasteiger partial charge in [0.2, 0.25) is 11.8 Å². The van der Waals surface area contributed by atoms with E-state index in [4.69, 9.17) is 9.47 Å². The smallest absolute Gasteiger partial charge is 0.256 e. The van der Waals surface area contributed by atoms with Crippen molar-refractivity contribution in [3.05, 3.63) is 51.0 Å². The highest BCUT2D eigenvalue weighted by molar-refractivity contribution is 7.10. The first-order valence-corrected chi connectivity index (χ1v) is 11.8. The van der Waals surface area contributed by atoms with E-state index in [0.717, 1.165) is 29.1 Å². The van der Waals surface area contributed by atoms with Crippen molar-refractivity contribution in [2.45, 2.75) is 38.6 Å². The molecular formula is C23H24FN3O5S. The first-order valence-electron chi connectivity index (χ1n) is 10.9. The van der Waals surface area contributed by atoms with Gasteiger partial charge in [-0.3, -0.25) is 24.6 Å². The van der Waals surface area contributed by atoms with Crippen molar-refractivity contribution in [2.75, 3.05) is 26.3 Å². The normalized spacial score (nSPS) is 21.3. The number of nitrogens with one attached hydrogen (secondary N) is 1. The van der Waals surface area contributed by atoms with Gasteiger partial charge in [-0.25, -0.2) is 4.39 Å². The number of fused-ring (bicyclic) bond motifs is 1. The predicted molar refractivity (Wildman–Crippen MR) is 117 cm³/mol. The molecule has 33 heavy (non-hydrogen) atoms. The summed E-state index contributed by atoms with van der Waals surface area (Å²) in [4.78, 5) is 41.0. The molecule has 10 heteroatoms. The van der Waals surface area contributed by atoms with Gasteiger partial charge in [-0.2, -0.15) is 0 Å². The highest BCUT2D eigenvalue weighted by Gasteiger charge is 2.40. The Morgan fingerprint density at radius 3 is 2.79 bits per heavy atom. The number of imide groups is 1. The summed E-state index contributed by atoms with van der Waals surface area (Å²) < 4.78 is 25.7. The van der Waals surface area contributed by atoms with Crippen LogP contribution in [0.1, 0.15) is 39.2 Å². The molecule has 5 rings (SSSR count). The number of morpholine rings is 1. The largest absolute Gasteiger partial charge is 0.485 e. The number of benzene rings is 1. The lowest BCUT2D eigenvalue weighted by atomic mass is 10.0. The number of amides is 3. The zero-order valence-electron chi connectivity index (χ0n) is 18.0. The van der Waals surface area contributed by atoms with E-state index in [1.165, 1.54) is 22.3 Å². The Morgan fingerprint density at radius 2 is 2.03 bits per heavy atom. The van der Waals surface area contributed by atoms with Gasteiger partial charge in [0.05, 0.1) is 18.8 Å². The minimum absolute atomic E-state index is 0.135. The molecule has 174 valence electrons. The quantitative estimate of drug-likeness (QED) is 0.647. The minimum atomic E-state index is -0.655. The summed E-state index contributed by atoms with van der Waals surface area (Å²) in [5.41, 5.74) is 2.23. The number of hydrogen-bond donors (Lipinski definition) is 1. The summed E-state index contributed by atoms with van der Waals surface area (Å²) in [6.45, 7) is 4.13. The zero-order chi connectivity index (χ0) is 22.9. The number of thiophene rings is 1. The van der Waals surface area contributed by atoms with Crippen LogP contribution in [-0.4, -0.2) is 59.9 Å². The minimum Gasteiger partial charge on any atom is -0.485 e. The fourth-order valence-electron chi connectivity index (χ4n) is 4.45. The van der Waals surface area contributed by atoms with Crippen LogP contribution in [0.15, 0.2) is 23.6 Å². The molecule has 3 amide bonds. The van der Waals surface area contributed by atoms with Crippen LogP contribution in [0.2, 0.25) is 0 Å². The molecule has 0 aliphatic carbocycles. The fourth-order valence-corrected chi connectivity index (χ4v) is 5.39. The van der Waals surface area contributed by atoms with Crippen LogP contribution in [0.5, 0.6) is 5.75 Å². The van der Waals surface area contributed by atoms with E-state index >= 15 is 0 Å². The zero-order valence-corrected chi connectivity index (χ0v) is 18.8. The maximum atomic E-state index is 14.6. The summed E-state index contributed by atoms with van der Waals surface area (Å²) in [7, 11) is 0. The van der Waals surface area contributed by atoms with Crippen molar-refractivity contribution in [2.24, 2.45) is 0 Å². The van der Waals surface area contributed by atoms with Gasteiger partial charge >= 0.3 is 0 Å². The van der Waals surface area contributed by atoms with Gasteiger partial charge in [-0.05, 0) is 24.1 Å². The molecule has 2 fully saturated rings. The molecular weight excluding hydrogens is 449 g/mol. The SMILES string of the molecule is O=C1CC[C@H](N2Cc3c(csc3COc3ccc(CN4CCOCC4)cc3F)C2=O)C(=O)N1. The van der Waals surface area contributed by atoms with Crippen molar-refractivity contribution in [3.8, 4) is 5.75 Å². The molecule has 1 N–H and O–H groups in total. The first-order chi connectivity index (χ1) is 16.0. The van der Waals surface area contributed by atoms with Crippen molar-refractivity contribution in [1.29, 1.82) is 0 Å². The van der Waals surface area contributed by atoms with Crippen LogP contribution in [0.25, 0.3) is 0 Å². The van der Waals surface area contributed by atoms with Gasteiger partial charge in [0, 0.05) is 48.4 Å². The third kappa shape index (κ3) is 4.50. The lowest BCUT2D eigenvalue weighted by Crippen LogP contribution is -2.52. The van der Waals surface area contributed by atoms with Crippen LogP contribution in [0, 0.1) is 5.82 Å². The molecule has 1 aromatic carbocycles.